The maximum absolute atomic E-state index is 3.69. The lowest BCUT2D eigenvalue weighted by Crippen LogP contribution is -2.41. The van der Waals surface area contributed by atoms with E-state index in [0.717, 1.165) is 12.0 Å². The molecule has 0 spiro atoms. The first-order chi connectivity index (χ1) is 7.75. The van der Waals surface area contributed by atoms with Crippen LogP contribution in [0.4, 0.5) is 0 Å². The van der Waals surface area contributed by atoms with Crippen molar-refractivity contribution in [2.45, 2.75) is 32.2 Å². The van der Waals surface area contributed by atoms with Crippen molar-refractivity contribution in [1.82, 2.24) is 15.5 Å². The minimum Gasteiger partial charge on any atom is -0.316 e. The molecule has 3 nitrogen and oxygen atoms in total. The number of hydrogen-bond donors (Lipinski definition) is 2. The number of nitrogens with one attached hydrogen (secondary N) is 2. The van der Waals surface area contributed by atoms with Crippen LogP contribution in [0.15, 0.2) is 0 Å². The molecule has 3 rings (SSSR count). The Morgan fingerprint density at radius 2 is 2.25 bits per heavy atom. The third-order valence-electron chi connectivity index (χ3n) is 4.74. The molecule has 0 radical (unpaired) electrons. The second kappa shape index (κ2) is 4.28. The third-order valence-corrected chi connectivity index (χ3v) is 4.74. The van der Waals surface area contributed by atoms with Crippen molar-refractivity contribution in [3.8, 4) is 0 Å². The maximum Gasteiger partial charge on any atom is 0.0235 e. The molecular weight excluding hydrogens is 198 g/mol. The van der Waals surface area contributed by atoms with Crippen molar-refractivity contribution < 1.29 is 0 Å². The molecule has 1 unspecified atom stereocenters. The Balaban J connectivity index is 1.56. The van der Waals surface area contributed by atoms with Crippen LogP contribution in [0.25, 0.3) is 0 Å². The van der Waals surface area contributed by atoms with Gasteiger partial charge in [0, 0.05) is 32.2 Å². The number of nitrogens with zero attached hydrogens (tertiary/aromatic N) is 1. The van der Waals surface area contributed by atoms with E-state index in [1.54, 1.807) is 0 Å². The summed E-state index contributed by atoms with van der Waals surface area (Å²) in [7, 11) is 0. The van der Waals surface area contributed by atoms with Gasteiger partial charge in [0.2, 0.25) is 0 Å². The van der Waals surface area contributed by atoms with E-state index in [9.17, 15) is 0 Å². The smallest absolute Gasteiger partial charge is 0.0235 e. The van der Waals surface area contributed by atoms with Crippen molar-refractivity contribution in [2.24, 2.45) is 11.3 Å². The summed E-state index contributed by atoms with van der Waals surface area (Å²) in [4.78, 5) is 2.71. The summed E-state index contributed by atoms with van der Waals surface area (Å²) in [5.41, 5.74) is 0.535. The summed E-state index contributed by atoms with van der Waals surface area (Å²) in [6.45, 7) is 10.1. The molecule has 0 amide bonds. The molecule has 0 aromatic heterocycles. The van der Waals surface area contributed by atoms with Gasteiger partial charge in [-0.1, -0.05) is 6.92 Å². The number of hydrogen-bond acceptors (Lipinski definition) is 3. The summed E-state index contributed by atoms with van der Waals surface area (Å²) < 4.78 is 0. The highest BCUT2D eigenvalue weighted by molar-refractivity contribution is 4.95. The molecule has 16 heavy (non-hydrogen) atoms. The summed E-state index contributed by atoms with van der Waals surface area (Å²) >= 11 is 0. The molecule has 3 atom stereocenters. The highest BCUT2D eigenvalue weighted by Gasteiger charge is 2.38. The lowest BCUT2D eigenvalue weighted by atomic mass is 9.89. The zero-order valence-corrected chi connectivity index (χ0v) is 10.5. The predicted molar refractivity (Wildman–Crippen MR) is 66.5 cm³/mol. The Morgan fingerprint density at radius 1 is 1.31 bits per heavy atom. The van der Waals surface area contributed by atoms with Gasteiger partial charge in [-0.25, -0.2) is 0 Å². The largest absolute Gasteiger partial charge is 0.316 e. The Hall–Kier alpha value is -0.120. The minimum absolute atomic E-state index is 0.535. The van der Waals surface area contributed by atoms with Gasteiger partial charge < -0.3 is 15.5 Å². The van der Waals surface area contributed by atoms with Gasteiger partial charge >= 0.3 is 0 Å². The monoisotopic (exact) mass is 223 g/mol. The van der Waals surface area contributed by atoms with Gasteiger partial charge in [-0.05, 0) is 43.7 Å². The van der Waals surface area contributed by atoms with Crippen LogP contribution in [0.2, 0.25) is 0 Å². The number of likely N-dealkylation sites (tertiary alicyclic amines) is 1. The Kier molecular flexibility index (Phi) is 2.94. The molecule has 3 saturated heterocycles. The second-order valence-electron chi connectivity index (χ2n) is 6.39. The zero-order valence-electron chi connectivity index (χ0n) is 10.5. The van der Waals surface area contributed by atoms with Crippen LogP contribution >= 0.6 is 0 Å². The average molecular weight is 223 g/mol. The van der Waals surface area contributed by atoms with Crippen molar-refractivity contribution in [2.75, 3.05) is 39.3 Å². The first kappa shape index (κ1) is 11.0. The maximum atomic E-state index is 3.69. The molecular formula is C13H25N3. The summed E-state index contributed by atoms with van der Waals surface area (Å²) in [6.07, 6.45) is 4.18. The van der Waals surface area contributed by atoms with Crippen LogP contribution in [0.3, 0.4) is 0 Å². The van der Waals surface area contributed by atoms with E-state index in [1.165, 1.54) is 58.5 Å². The highest BCUT2D eigenvalue weighted by atomic mass is 15.2. The van der Waals surface area contributed by atoms with Gasteiger partial charge in [0.1, 0.15) is 0 Å². The fourth-order valence-electron chi connectivity index (χ4n) is 3.81. The molecule has 0 aromatic rings. The Morgan fingerprint density at radius 3 is 3.00 bits per heavy atom. The molecule has 0 aromatic carbocycles. The molecule has 3 fully saturated rings. The van der Waals surface area contributed by atoms with E-state index >= 15 is 0 Å². The molecule has 0 bridgehead atoms. The van der Waals surface area contributed by atoms with E-state index in [1.807, 2.05) is 0 Å². The molecule has 2 N–H and O–H groups in total. The van der Waals surface area contributed by atoms with Crippen molar-refractivity contribution in [3.63, 3.8) is 0 Å². The summed E-state index contributed by atoms with van der Waals surface area (Å²) in [5.74, 6) is 0.937. The fourth-order valence-corrected chi connectivity index (χ4v) is 3.81. The van der Waals surface area contributed by atoms with Crippen LogP contribution < -0.4 is 10.6 Å². The second-order valence-corrected chi connectivity index (χ2v) is 6.39. The SMILES string of the molecule is CC1(CN2C[C@@H]3CCCN[C@@H]3C2)CCNC1. The first-order valence-electron chi connectivity index (χ1n) is 6.92. The van der Waals surface area contributed by atoms with Gasteiger partial charge in [-0.15, -0.1) is 0 Å². The number of fused-ring (bicyclic) bond motifs is 1. The summed E-state index contributed by atoms with van der Waals surface area (Å²) in [5, 5.41) is 7.20. The average Bonchev–Trinajstić information content (AvgIpc) is 2.84. The minimum atomic E-state index is 0.535. The van der Waals surface area contributed by atoms with Crippen molar-refractivity contribution in [1.29, 1.82) is 0 Å². The highest BCUT2D eigenvalue weighted by Crippen LogP contribution is 2.30. The lowest BCUT2D eigenvalue weighted by Gasteiger charge is -2.29. The van der Waals surface area contributed by atoms with Gasteiger partial charge in [0.25, 0.3) is 0 Å². The van der Waals surface area contributed by atoms with Gasteiger partial charge in [0.15, 0.2) is 0 Å². The predicted octanol–water partition coefficient (Wildman–Crippen LogP) is 0.670. The van der Waals surface area contributed by atoms with E-state index in [-0.39, 0.29) is 0 Å². The molecule has 92 valence electrons. The Bertz CT molecular complexity index is 234. The normalized spacial score (nSPS) is 44.8. The topological polar surface area (TPSA) is 27.3 Å². The first-order valence-corrected chi connectivity index (χ1v) is 6.92. The summed E-state index contributed by atoms with van der Waals surface area (Å²) in [6, 6.07) is 0.798. The third kappa shape index (κ3) is 2.13. The van der Waals surface area contributed by atoms with Gasteiger partial charge in [-0.3, -0.25) is 0 Å². The number of rotatable bonds is 2. The molecule has 3 heterocycles. The van der Waals surface area contributed by atoms with Crippen LogP contribution in [-0.4, -0.2) is 50.2 Å². The molecule has 0 aliphatic carbocycles. The lowest BCUT2D eigenvalue weighted by molar-refractivity contribution is 0.202. The van der Waals surface area contributed by atoms with Gasteiger partial charge in [0.05, 0.1) is 0 Å². The zero-order chi connectivity index (χ0) is 11.0. The quantitative estimate of drug-likeness (QED) is 0.720. The standard InChI is InChI=1S/C13H25N3/c1-13(4-6-14-9-13)10-16-7-11-3-2-5-15-12(11)8-16/h11-12,14-15H,2-10H2,1H3/t11-,12+,13?/m0/s1. The van der Waals surface area contributed by atoms with Gasteiger partial charge in [-0.2, -0.15) is 0 Å². The van der Waals surface area contributed by atoms with Crippen LogP contribution in [0.1, 0.15) is 26.2 Å². The van der Waals surface area contributed by atoms with E-state index in [4.69, 9.17) is 0 Å². The molecule has 3 aliphatic heterocycles. The van der Waals surface area contributed by atoms with E-state index in [2.05, 4.69) is 22.5 Å². The number of piperidine rings is 1. The van der Waals surface area contributed by atoms with Crippen molar-refractivity contribution >= 4 is 0 Å². The van der Waals surface area contributed by atoms with Crippen molar-refractivity contribution in [3.05, 3.63) is 0 Å². The van der Waals surface area contributed by atoms with E-state index in [0.29, 0.717) is 5.41 Å². The Labute approximate surface area is 99.0 Å². The van der Waals surface area contributed by atoms with E-state index < -0.39 is 0 Å². The fraction of sp³-hybridized carbons (Fsp3) is 1.00. The molecule has 0 saturated carbocycles. The van der Waals surface area contributed by atoms with Crippen LogP contribution in [0, 0.1) is 11.3 Å². The van der Waals surface area contributed by atoms with Crippen LogP contribution in [0.5, 0.6) is 0 Å². The molecule has 3 aliphatic rings. The molecule has 3 heteroatoms. The van der Waals surface area contributed by atoms with Crippen LogP contribution in [-0.2, 0) is 0 Å².